The zero-order valence-electron chi connectivity index (χ0n) is 18.4. The molecule has 0 saturated heterocycles. The first kappa shape index (κ1) is 18.8. The molecule has 0 aromatic heterocycles. The van der Waals surface area contributed by atoms with Gasteiger partial charge in [0.05, 0.1) is 0 Å². The fraction of sp³-hybridized carbons (Fsp3) is 0.0625. The molecular formula is C32H24. The molecule has 0 N–H and O–H groups in total. The van der Waals surface area contributed by atoms with Crippen LogP contribution < -0.4 is 0 Å². The molecule has 0 saturated carbocycles. The van der Waals surface area contributed by atoms with Crippen LogP contribution in [0.1, 0.15) is 33.4 Å². The van der Waals surface area contributed by atoms with Gasteiger partial charge in [-0.1, -0.05) is 97.1 Å². The number of rotatable bonds is 2. The monoisotopic (exact) mass is 408 g/mol. The van der Waals surface area contributed by atoms with Gasteiger partial charge >= 0.3 is 0 Å². The molecule has 5 aromatic rings. The zero-order valence-corrected chi connectivity index (χ0v) is 18.4. The van der Waals surface area contributed by atoms with Crippen LogP contribution in [0.25, 0.3) is 33.0 Å². The Morgan fingerprint density at radius 3 is 1.41 bits per heavy atom. The third kappa shape index (κ3) is 2.92. The predicted octanol–water partition coefficient (Wildman–Crippen LogP) is 8.44. The fourth-order valence-corrected chi connectivity index (χ4v) is 5.00. The lowest BCUT2D eigenvalue weighted by atomic mass is 9.87. The molecule has 0 nitrogen and oxygen atoms in total. The number of hydrogen-bond acceptors (Lipinski definition) is 0. The Hall–Kier alpha value is -3.90. The van der Waals surface area contributed by atoms with Gasteiger partial charge in [-0.3, -0.25) is 0 Å². The maximum Gasteiger partial charge on any atom is -0.00140 e. The molecule has 0 aliphatic heterocycles. The van der Waals surface area contributed by atoms with E-state index in [1.807, 2.05) is 0 Å². The van der Waals surface area contributed by atoms with Crippen LogP contribution in [0.2, 0.25) is 0 Å². The maximum absolute atomic E-state index is 2.39. The molecule has 0 radical (unpaired) electrons. The van der Waals surface area contributed by atoms with Crippen molar-refractivity contribution in [2.24, 2.45) is 0 Å². The molecule has 0 bridgehead atoms. The predicted molar refractivity (Wildman–Crippen MR) is 137 cm³/mol. The molecule has 32 heavy (non-hydrogen) atoms. The largest absolute Gasteiger partial charge is 0.0622 e. The van der Waals surface area contributed by atoms with Gasteiger partial charge in [0.25, 0.3) is 0 Å². The number of fused-ring (bicyclic) bond motifs is 4. The van der Waals surface area contributed by atoms with E-state index in [2.05, 4.69) is 123 Å². The van der Waals surface area contributed by atoms with Crippen LogP contribution in [0, 0.1) is 13.8 Å². The lowest BCUT2D eigenvalue weighted by molar-refractivity contribution is 1.34. The van der Waals surface area contributed by atoms with Crippen molar-refractivity contribution >= 4 is 21.9 Å². The summed E-state index contributed by atoms with van der Waals surface area (Å²) in [6.07, 6.45) is 0. The molecule has 0 spiro atoms. The number of hydrogen-bond donors (Lipinski definition) is 0. The third-order valence-corrected chi connectivity index (χ3v) is 6.72. The van der Waals surface area contributed by atoms with Crippen molar-refractivity contribution in [3.05, 3.63) is 143 Å². The summed E-state index contributed by atoms with van der Waals surface area (Å²) in [5.74, 6) is 0. The smallest absolute Gasteiger partial charge is 0.00140 e. The normalized spacial score (nSPS) is 12.0. The van der Waals surface area contributed by atoms with Crippen LogP contribution in [0.15, 0.2) is 109 Å². The standard InChI is InChI=1S/C32H24/c1-21-17-27-28-19-25-15-9-10-16-26(25)20-30(28)32(29(27)18-22(21)2)31(23-11-5-3-6-12-23)24-13-7-4-8-14-24/h3-20H,1-2H3. The quantitative estimate of drug-likeness (QED) is 0.270. The van der Waals surface area contributed by atoms with Gasteiger partial charge in [-0.05, 0) is 92.4 Å². The van der Waals surface area contributed by atoms with E-state index in [9.17, 15) is 0 Å². The summed E-state index contributed by atoms with van der Waals surface area (Å²) in [6, 6.07) is 39.9. The van der Waals surface area contributed by atoms with Gasteiger partial charge in [-0.25, -0.2) is 0 Å². The van der Waals surface area contributed by atoms with E-state index in [0.29, 0.717) is 0 Å². The van der Waals surface area contributed by atoms with E-state index >= 15 is 0 Å². The lowest BCUT2D eigenvalue weighted by Gasteiger charge is -2.16. The van der Waals surface area contributed by atoms with Crippen molar-refractivity contribution in [1.82, 2.24) is 0 Å². The van der Waals surface area contributed by atoms with Crippen LogP contribution >= 0.6 is 0 Å². The van der Waals surface area contributed by atoms with Gasteiger partial charge in [-0.2, -0.15) is 0 Å². The van der Waals surface area contributed by atoms with E-state index in [4.69, 9.17) is 0 Å². The molecule has 0 unspecified atom stereocenters. The van der Waals surface area contributed by atoms with E-state index in [1.165, 1.54) is 66.4 Å². The highest BCUT2D eigenvalue weighted by Gasteiger charge is 2.28. The first-order valence-electron chi connectivity index (χ1n) is 11.2. The van der Waals surface area contributed by atoms with Crippen LogP contribution in [0.5, 0.6) is 0 Å². The van der Waals surface area contributed by atoms with E-state index in [-0.39, 0.29) is 0 Å². The lowest BCUT2D eigenvalue weighted by Crippen LogP contribution is -1.95. The first-order valence-corrected chi connectivity index (χ1v) is 11.2. The van der Waals surface area contributed by atoms with Crippen LogP contribution in [-0.4, -0.2) is 0 Å². The molecular weight excluding hydrogens is 384 g/mol. The van der Waals surface area contributed by atoms with E-state index in [1.54, 1.807) is 0 Å². The van der Waals surface area contributed by atoms with Gasteiger partial charge in [0.15, 0.2) is 0 Å². The Balaban J connectivity index is 1.80. The van der Waals surface area contributed by atoms with Crippen LogP contribution in [0.3, 0.4) is 0 Å². The van der Waals surface area contributed by atoms with Gasteiger partial charge in [0.1, 0.15) is 0 Å². The van der Waals surface area contributed by atoms with Crippen LogP contribution in [0.4, 0.5) is 0 Å². The van der Waals surface area contributed by atoms with Gasteiger partial charge in [0.2, 0.25) is 0 Å². The highest BCUT2D eigenvalue weighted by atomic mass is 14.3. The summed E-state index contributed by atoms with van der Waals surface area (Å²) in [5, 5.41) is 2.57. The Morgan fingerprint density at radius 1 is 0.438 bits per heavy atom. The fourth-order valence-electron chi connectivity index (χ4n) is 5.00. The third-order valence-electron chi connectivity index (χ3n) is 6.72. The minimum Gasteiger partial charge on any atom is -0.0622 e. The van der Waals surface area contributed by atoms with Crippen molar-refractivity contribution in [3.8, 4) is 11.1 Å². The average molecular weight is 409 g/mol. The topological polar surface area (TPSA) is 0 Å². The summed E-state index contributed by atoms with van der Waals surface area (Å²) in [4.78, 5) is 0. The van der Waals surface area contributed by atoms with Crippen molar-refractivity contribution in [3.63, 3.8) is 0 Å². The van der Waals surface area contributed by atoms with Gasteiger partial charge in [-0.15, -0.1) is 0 Å². The highest BCUT2D eigenvalue weighted by Crippen LogP contribution is 2.50. The Labute approximate surface area is 189 Å². The van der Waals surface area contributed by atoms with E-state index in [0.717, 1.165) is 0 Å². The molecule has 0 fully saturated rings. The summed E-state index contributed by atoms with van der Waals surface area (Å²) in [7, 11) is 0. The second-order valence-electron chi connectivity index (χ2n) is 8.71. The average Bonchev–Trinajstić information content (AvgIpc) is 3.12. The second kappa shape index (κ2) is 7.35. The van der Waals surface area contributed by atoms with E-state index < -0.39 is 0 Å². The van der Waals surface area contributed by atoms with Crippen molar-refractivity contribution in [1.29, 1.82) is 0 Å². The molecule has 152 valence electrons. The van der Waals surface area contributed by atoms with Gasteiger partial charge in [0, 0.05) is 0 Å². The molecule has 6 rings (SSSR count). The minimum atomic E-state index is 1.25. The zero-order chi connectivity index (χ0) is 21.7. The summed E-state index contributed by atoms with van der Waals surface area (Å²) in [6.45, 7) is 4.44. The molecule has 0 heterocycles. The van der Waals surface area contributed by atoms with Crippen LogP contribution in [-0.2, 0) is 0 Å². The van der Waals surface area contributed by atoms with Crippen molar-refractivity contribution in [2.75, 3.05) is 0 Å². The molecule has 5 aromatic carbocycles. The molecule has 1 aliphatic rings. The maximum atomic E-state index is 2.39. The second-order valence-corrected chi connectivity index (χ2v) is 8.71. The molecule has 0 heteroatoms. The first-order chi connectivity index (χ1) is 15.7. The van der Waals surface area contributed by atoms with Gasteiger partial charge < -0.3 is 0 Å². The Bertz CT molecular complexity index is 1460. The summed E-state index contributed by atoms with van der Waals surface area (Å²) in [5.41, 5.74) is 13.1. The minimum absolute atomic E-state index is 1.25. The number of aryl methyl sites for hydroxylation is 2. The highest BCUT2D eigenvalue weighted by molar-refractivity contribution is 6.15. The molecule has 0 atom stereocenters. The molecule has 1 aliphatic carbocycles. The molecule has 0 amide bonds. The summed E-state index contributed by atoms with van der Waals surface area (Å²) < 4.78 is 0. The SMILES string of the molecule is Cc1cc2c(cc1C)-c1cc3ccccc3cc1C2=C(c1ccccc1)c1ccccc1. The number of benzene rings is 5. The van der Waals surface area contributed by atoms with Crippen molar-refractivity contribution < 1.29 is 0 Å². The Kier molecular flexibility index (Phi) is 4.33. The van der Waals surface area contributed by atoms with Crippen molar-refractivity contribution in [2.45, 2.75) is 13.8 Å². The summed E-state index contributed by atoms with van der Waals surface area (Å²) >= 11 is 0. The Morgan fingerprint density at radius 2 is 0.844 bits per heavy atom.